The molecule has 1 heteroatoms. The lowest BCUT2D eigenvalue weighted by Gasteiger charge is -2.34. The van der Waals surface area contributed by atoms with Gasteiger partial charge in [-0.2, -0.15) is 0 Å². The highest BCUT2D eigenvalue weighted by molar-refractivity contribution is 5.95. The number of benzene rings is 3. The van der Waals surface area contributed by atoms with Crippen LogP contribution in [-0.4, -0.2) is 4.98 Å². The van der Waals surface area contributed by atoms with E-state index >= 15 is 0 Å². The first-order valence-electron chi connectivity index (χ1n) is 12.5. The number of hydrogen-bond acceptors (Lipinski definition) is 1. The van der Waals surface area contributed by atoms with Gasteiger partial charge in [-0.05, 0) is 88.8 Å². The van der Waals surface area contributed by atoms with E-state index in [-0.39, 0.29) is 0 Å². The molecule has 0 bridgehead atoms. The molecule has 1 aliphatic rings. The molecule has 0 unspecified atom stereocenters. The Labute approximate surface area is 198 Å². The second kappa shape index (κ2) is 8.78. The van der Waals surface area contributed by atoms with Crippen molar-refractivity contribution in [3.8, 4) is 22.4 Å². The first kappa shape index (κ1) is 21.9. The summed E-state index contributed by atoms with van der Waals surface area (Å²) in [7, 11) is 0. The molecule has 0 aliphatic heterocycles. The van der Waals surface area contributed by atoms with Gasteiger partial charge in [-0.25, -0.2) is 0 Å². The Hall–Kier alpha value is -2.93. The molecule has 1 fully saturated rings. The van der Waals surface area contributed by atoms with Gasteiger partial charge in [0.2, 0.25) is 0 Å². The van der Waals surface area contributed by atoms with Gasteiger partial charge in [0.25, 0.3) is 0 Å². The molecule has 168 valence electrons. The molecule has 33 heavy (non-hydrogen) atoms. The molecule has 3 aromatic carbocycles. The monoisotopic (exact) mass is 433 g/mol. The zero-order chi connectivity index (χ0) is 23.0. The second-order valence-corrected chi connectivity index (χ2v) is 10.9. The molecular weight excluding hydrogens is 398 g/mol. The Balaban J connectivity index is 1.57. The van der Waals surface area contributed by atoms with Gasteiger partial charge in [0.05, 0.1) is 5.69 Å². The quantitative estimate of drug-likeness (QED) is 0.312. The molecule has 1 saturated carbocycles. The lowest BCUT2D eigenvalue weighted by Crippen LogP contribution is -2.20. The van der Waals surface area contributed by atoms with Gasteiger partial charge in [0.1, 0.15) is 0 Å². The van der Waals surface area contributed by atoms with E-state index in [1.165, 1.54) is 64.3 Å². The van der Waals surface area contributed by atoms with Crippen LogP contribution in [0.25, 0.3) is 33.2 Å². The molecular formula is C32H35N. The highest BCUT2D eigenvalue weighted by Gasteiger charge is 2.27. The van der Waals surface area contributed by atoms with E-state index < -0.39 is 0 Å². The molecule has 1 aliphatic carbocycles. The molecule has 0 spiro atoms. The van der Waals surface area contributed by atoms with Crippen LogP contribution in [0.15, 0.2) is 79.0 Å². The van der Waals surface area contributed by atoms with Gasteiger partial charge < -0.3 is 0 Å². The van der Waals surface area contributed by atoms with E-state index in [0.29, 0.717) is 17.3 Å². The molecule has 1 aromatic heterocycles. The molecule has 0 atom stereocenters. The van der Waals surface area contributed by atoms with Crippen molar-refractivity contribution < 1.29 is 0 Å². The summed E-state index contributed by atoms with van der Waals surface area (Å²) in [5, 5.41) is 2.55. The lowest BCUT2D eigenvalue weighted by molar-refractivity contribution is 0.224. The van der Waals surface area contributed by atoms with E-state index in [9.17, 15) is 0 Å². The van der Waals surface area contributed by atoms with Gasteiger partial charge in [-0.3, -0.25) is 4.98 Å². The van der Waals surface area contributed by atoms with Gasteiger partial charge in [0.15, 0.2) is 0 Å². The van der Waals surface area contributed by atoms with Crippen LogP contribution in [0.3, 0.4) is 0 Å². The second-order valence-electron chi connectivity index (χ2n) is 10.9. The van der Waals surface area contributed by atoms with E-state index in [4.69, 9.17) is 4.98 Å². The highest BCUT2D eigenvalue weighted by Crippen LogP contribution is 2.43. The van der Waals surface area contributed by atoms with Crippen molar-refractivity contribution in [3.05, 3.63) is 90.1 Å². The summed E-state index contributed by atoms with van der Waals surface area (Å²) < 4.78 is 0. The third-order valence-electron chi connectivity index (χ3n) is 7.60. The molecule has 0 radical (unpaired) electrons. The van der Waals surface area contributed by atoms with Gasteiger partial charge in [0, 0.05) is 17.1 Å². The molecule has 0 amide bonds. The minimum Gasteiger partial charge on any atom is -0.256 e. The van der Waals surface area contributed by atoms with Crippen LogP contribution in [0.1, 0.15) is 76.3 Å². The fourth-order valence-electron chi connectivity index (χ4n) is 5.33. The summed E-state index contributed by atoms with van der Waals surface area (Å²) in [5.41, 5.74) is 8.16. The van der Waals surface area contributed by atoms with Crippen LogP contribution in [0, 0.1) is 5.41 Å². The van der Waals surface area contributed by atoms with Gasteiger partial charge >= 0.3 is 0 Å². The van der Waals surface area contributed by atoms with Crippen molar-refractivity contribution in [2.45, 2.75) is 65.2 Å². The Bertz CT molecular complexity index is 1260. The number of fused-ring (bicyclic) bond motifs is 1. The molecule has 5 rings (SSSR count). The number of rotatable bonds is 4. The van der Waals surface area contributed by atoms with Crippen molar-refractivity contribution in [3.63, 3.8) is 0 Å². The van der Waals surface area contributed by atoms with Crippen LogP contribution >= 0.6 is 0 Å². The van der Waals surface area contributed by atoms with E-state index in [2.05, 4.69) is 100 Å². The van der Waals surface area contributed by atoms with Crippen LogP contribution in [0.2, 0.25) is 0 Å². The molecule has 0 saturated heterocycles. The van der Waals surface area contributed by atoms with E-state index in [1.807, 2.05) is 6.20 Å². The smallest absolute Gasteiger partial charge is 0.0780 e. The summed E-state index contributed by atoms with van der Waals surface area (Å²) in [4.78, 5) is 4.87. The summed E-state index contributed by atoms with van der Waals surface area (Å²) in [6, 6.07) is 26.9. The largest absolute Gasteiger partial charge is 0.256 e. The standard InChI is InChI=1S/C32H35N/c1-22(2)27-19-28(23-8-6-5-7-9-23)21-29(20-27)31-30-11-10-25(18-26(30)14-17-33-31)24-12-15-32(3,4)16-13-24/h5-11,14,17-22,24H,12-13,15-16H2,1-4H3. The Kier molecular flexibility index (Phi) is 5.83. The molecule has 0 N–H and O–H groups in total. The van der Waals surface area contributed by atoms with Crippen molar-refractivity contribution in [2.75, 3.05) is 0 Å². The Morgan fingerprint density at radius 3 is 2.24 bits per heavy atom. The third-order valence-corrected chi connectivity index (χ3v) is 7.60. The van der Waals surface area contributed by atoms with Crippen LogP contribution < -0.4 is 0 Å². The fraction of sp³-hybridized carbons (Fsp3) is 0.344. The Morgan fingerprint density at radius 1 is 0.788 bits per heavy atom. The minimum absolute atomic E-state index is 0.463. The predicted octanol–water partition coefficient (Wildman–Crippen LogP) is 9.38. The number of hydrogen-bond donors (Lipinski definition) is 0. The van der Waals surface area contributed by atoms with Crippen LogP contribution in [-0.2, 0) is 0 Å². The van der Waals surface area contributed by atoms with Crippen molar-refractivity contribution in [2.24, 2.45) is 5.41 Å². The number of pyridine rings is 1. The third kappa shape index (κ3) is 4.60. The minimum atomic E-state index is 0.463. The topological polar surface area (TPSA) is 12.9 Å². The van der Waals surface area contributed by atoms with E-state index in [1.54, 1.807) is 0 Å². The van der Waals surface area contributed by atoms with Crippen molar-refractivity contribution in [1.82, 2.24) is 4.98 Å². The predicted molar refractivity (Wildman–Crippen MR) is 142 cm³/mol. The summed E-state index contributed by atoms with van der Waals surface area (Å²) in [6.07, 6.45) is 7.22. The lowest BCUT2D eigenvalue weighted by atomic mass is 9.71. The molecule has 1 heterocycles. The van der Waals surface area contributed by atoms with Crippen LogP contribution in [0.4, 0.5) is 0 Å². The summed E-state index contributed by atoms with van der Waals surface area (Å²) in [5.74, 6) is 1.15. The number of nitrogens with zero attached hydrogens (tertiary/aromatic N) is 1. The first-order chi connectivity index (χ1) is 15.9. The highest BCUT2D eigenvalue weighted by atomic mass is 14.7. The Morgan fingerprint density at radius 2 is 1.52 bits per heavy atom. The maximum absolute atomic E-state index is 4.87. The SMILES string of the molecule is CC(C)c1cc(-c2ccccc2)cc(-c2nccc3cc(C4CCC(C)(C)CC4)ccc23)c1. The molecule has 4 aromatic rings. The summed E-state index contributed by atoms with van der Waals surface area (Å²) in [6.45, 7) is 9.36. The van der Waals surface area contributed by atoms with Crippen LogP contribution in [0.5, 0.6) is 0 Å². The average molecular weight is 434 g/mol. The summed E-state index contributed by atoms with van der Waals surface area (Å²) >= 11 is 0. The maximum atomic E-state index is 4.87. The normalized spacial score (nSPS) is 16.4. The fourth-order valence-corrected chi connectivity index (χ4v) is 5.33. The first-order valence-corrected chi connectivity index (χ1v) is 12.5. The zero-order valence-electron chi connectivity index (χ0n) is 20.4. The number of aromatic nitrogens is 1. The zero-order valence-corrected chi connectivity index (χ0v) is 20.4. The van der Waals surface area contributed by atoms with Gasteiger partial charge in [-0.15, -0.1) is 0 Å². The van der Waals surface area contributed by atoms with E-state index in [0.717, 1.165) is 5.69 Å². The average Bonchev–Trinajstić information content (AvgIpc) is 2.83. The van der Waals surface area contributed by atoms with Crippen molar-refractivity contribution in [1.29, 1.82) is 0 Å². The van der Waals surface area contributed by atoms with Gasteiger partial charge in [-0.1, -0.05) is 82.3 Å². The molecule has 1 nitrogen and oxygen atoms in total. The maximum Gasteiger partial charge on any atom is 0.0780 e. The van der Waals surface area contributed by atoms with Crippen molar-refractivity contribution >= 4 is 10.8 Å².